The Morgan fingerprint density at radius 1 is 1.09 bits per heavy atom. The molecule has 2 amide bonds. The maximum absolute atomic E-state index is 11.4. The highest BCUT2D eigenvalue weighted by molar-refractivity contribution is 7.69. The van der Waals surface area contributed by atoms with Crippen LogP contribution in [0, 0.1) is 0 Å². The fourth-order valence-electron chi connectivity index (χ4n) is 1.46. The molecular weight excluding hydrogens is 338 g/mol. The summed E-state index contributed by atoms with van der Waals surface area (Å²) in [6.07, 6.45) is -1.27. The first-order valence-corrected chi connectivity index (χ1v) is 8.92. The number of aliphatic hydroxyl groups is 1. The van der Waals surface area contributed by atoms with E-state index < -0.39 is 39.3 Å². The van der Waals surface area contributed by atoms with Gasteiger partial charge in [-0.2, -0.15) is 0 Å². The predicted molar refractivity (Wildman–Crippen MR) is 68.2 cm³/mol. The standard InChI is InChI=1S/C10H16N2O8P2/c13-9(12-8-4-2-1-3-5-8)11-7-6-10(14,21(15,16)17)22(18,19)20/h1-5,14H,6-7H2,(H2,11,12,13)(H2,15,16,17)(H2,18,19,20)/p-4. The normalized spacial score (nSPS) is 12.8. The van der Waals surface area contributed by atoms with Crippen molar-refractivity contribution in [2.24, 2.45) is 0 Å². The molecule has 1 rings (SSSR count). The van der Waals surface area contributed by atoms with Gasteiger partial charge in [0, 0.05) is 18.7 Å². The third kappa shape index (κ3) is 4.62. The minimum absolute atomic E-state index is 0.395. The van der Waals surface area contributed by atoms with Crippen LogP contribution >= 0.6 is 15.2 Å². The Labute approximate surface area is 125 Å². The van der Waals surface area contributed by atoms with Gasteiger partial charge in [0.1, 0.15) is 5.08 Å². The van der Waals surface area contributed by atoms with Gasteiger partial charge in [-0.05, 0) is 27.3 Å². The van der Waals surface area contributed by atoms with Crippen molar-refractivity contribution < 1.29 is 38.6 Å². The van der Waals surface area contributed by atoms with Gasteiger partial charge in [0.05, 0.1) is 0 Å². The van der Waals surface area contributed by atoms with Crippen LogP contribution in [-0.4, -0.2) is 22.8 Å². The summed E-state index contributed by atoms with van der Waals surface area (Å²) in [5, 5.41) is 9.70. The topological polar surface area (TPSA) is 188 Å². The van der Waals surface area contributed by atoms with Gasteiger partial charge in [0.25, 0.3) is 0 Å². The molecule has 0 aliphatic carbocycles. The number of rotatable bonds is 6. The van der Waals surface area contributed by atoms with Gasteiger partial charge in [-0.3, -0.25) is 0 Å². The minimum Gasteiger partial charge on any atom is -0.808 e. The van der Waals surface area contributed by atoms with Gasteiger partial charge in [-0.1, -0.05) is 18.2 Å². The summed E-state index contributed by atoms with van der Waals surface area (Å²) in [5.41, 5.74) is 0.395. The summed E-state index contributed by atoms with van der Waals surface area (Å²) in [6.45, 7) is -0.724. The summed E-state index contributed by atoms with van der Waals surface area (Å²) < 4.78 is 21.6. The fraction of sp³-hybridized carbons (Fsp3) is 0.300. The average molecular weight is 350 g/mol. The zero-order valence-electron chi connectivity index (χ0n) is 11.0. The van der Waals surface area contributed by atoms with E-state index in [-0.39, 0.29) is 0 Å². The number of hydrogen-bond acceptors (Lipinski definition) is 8. The van der Waals surface area contributed by atoms with E-state index in [0.717, 1.165) is 0 Å². The lowest BCUT2D eigenvalue weighted by atomic mass is 10.3. The van der Waals surface area contributed by atoms with Crippen LogP contribution in [0.5, 0.6) is 0 Å². The average Bonchev–Trinajstić information content (AvgIpc) is 2.37. The molecular formula is C10H12N2O8P2-4. The minimum atomic E-state index is -6.14. The molecule has 3 N–H and O–H groups in total. The Morgan fingerprint density at radius 3 is 2.05 bits per heavy atom. The van der Waals surface area contributed by atoms with Crippen molar-refractivity contribution in [2.75, 3.05) is 11.9 Å². The van der Waals surface area contributed by atoms with Crippen molar-refractivity contribution in [3.05, 3.63) is 30.3 Å². The molecule has 0 radical (unpaired) electrons. The summed E-state index contributed by atoms with van der Waals surface area (Å²) in [4.78, 5) is 54.6. The Hall–Kier alpha value is -1.25. The lowest BCUT2D eigenvalue weighted by Crippen LogP contribution is -2.47. The van der Waals surface area contributed by atoms with Crippen LogP contribution in [0.2, 0.25) is 0 Å². The first-order valence-electron chi connectivity index (χ1n) is 5.84. The van der Waals surface area contributed by atoms with Crippen LogP contribution in [0.3, 0.4) is 0 Å². The number of carbonyl (C=O) groups is 1. The predicted octanol–water partition coefficient (Wildman–Crippen LogP) is -2.33. The highest BCUT2D eigenvalue weighted by atomic mass is 31.2. The van der Waals surface area contributed by atoms with Crippen LogP contribution in [-0.2, 0) is 9.13 Å². The molecule has 0 aliphatic rings. The molecule has 12 heteroatoms. The third-order valence-corrected chi connectivity index (χ3v) is 6.33. The van der Waals surface area contributed by atoms with Crippen LogP contribution in [0.15, 0.2) is 30.3 Å². The highest BCUT2D eigenvalue weighted by Crippen LogP contribution is 2.60. The van der Waals surface area contributed by atoms with Crippen molar-refractivity contribution in [3.63, 3.8) is 0 Å². The van der Waals surface area contributed by atoms with Gasteiger partial charge < -0.3 is 44.4 Å². The number of benzene rings is 1. The third-order valence-electron chi connectivity index (χ3n) is 2.65. The zero-order chi connectivity index (χ0) is 17.0. The van der Waals surface area contributed by atoms with Gasteiger partial charge in [0.15, 0.2) is 0 Å². The molecule has 0 unspecified atom stereocenters. The molecule has 22 heavy (non-hydrogen) atoms. The molecule has 10 nitrogen and oxygen atoms in total. The number of amides is 2. The smallest absolute Gasteiger partial charge is 0.319 e. The van der Waals surface area contributed by atoms with Gasteiger partial charge >= 0.3 is 6.03 Å². The van der Waals surface area contributed by atoms with E-state index >= 15 is 0 Å². The van der Waals surface area contributed by atoms with Crippen molar-refractivity contribution in [1.82, 2.24) is 5.32 Å². The van der Waals surface area contributed by atoms with Crippen molar-refractivity contribution >= 4 is 26.9 Å². The van der Waals surface area contributed by atoms with E-state index in [4.69, 9.17) is 0 Å². The number of nitrogens with one attached hydrogen (secondary N) is 2. The summed E-state index contributed by atoms with van der Waals surface area (Å²) >= 11 is 0. The molecule has 0 heterocycles. The monoisotopic (exact) mass is 350 g/mol. The number of para-hydroxylation sites is 1. The Kier molecular flexibility index (Phi) is 5.89. The fourth-order valence-corrected chi connectivity index (χ4v) is 3.44. The van der Waals surface area contributed by atoms with Crippen LogP contribution in [0.4, 0.5) is 10.5 Å². The first kappa shape index (κ1) is 18.8. The van der Waals surface area contributed by atoms with Crippen LogP contribution in [0.1, 0.15) is 6.42 Å². The molecule has 0 aliphatic heterocycles. The molecule has 1 aromatic carbocycles. The number of carbonyl (C=O) groups excluding carboxylic acids is 1. The largest absolute Gasteiger partial charge is 0.808 e. The highest BCUT2D eigenvalue weighted by Gasteiger charge is 2.35. The molecule has 0 spiro atoms. The van der Waals surface area contributed by atoms with E-state index in [1.54, 1.807) is 30.3 Å². The molecule has 0 saturated heterocycles. The molecule has 0 aromatic heterocycles. The molecule has 0 saturated carbocycles. The van der Waals surface area contributed by atoms with Gasteiger partial charge in [0.2, 0.25) is 0 Å². The van der Waals surface area contributed by atoms with Gasteiger partial charge in [-0.15, -0.1) is 0 Å². The lowest BCUT2D eigenvalue weighted by molar-refractivity contribution is -0.348. The second-order valence-corrected chi connectivity index (χ2v) is 8.09. The lowest BCUT2D eigenvalue weighted by Gasteiger charge is -2.55. The SMILES string of the molecule is O=C(NCCC(O)(P(=O)([O-])[O-])P(=O)([O-])[O-])Nc1ccccc1. The van der Waals surface area contributed by atoms with E-state index in [2.05, 4.69) is 5.32 Å². The maximum Gasteiger partial charge on any atom is 0.319 e. The van der Waals surface area contributed by atoms with Crippen molar-refractivity contribution in [3.8, 4) is 0 Å². The summed E-state index contributed by atoms with van der Waals surface area (Å²) in [6, 6.07) is 7.20. The van der Waals surface area contributed by atoms with E-state index in [1.807, 2.05) is 5.32 Å². The number of hydrogen-bond donors (Lipinski definition) is 3. The molecule has 1 aromatic rings. The molecule has 0 bridgehead atoms. The van der Waals surface area contributed by atoms with Gasteiger partial charge in [-0.25, -0.2) is 4.79 Å². The maximum atomic E-state index is 11.4. The summed E-state index contributed by atoms with van der Waals surface area (Å²) in [5.74, 6) is 0. The molecule has 124 valence electrons. The summed E-state index contributed by atoms with van der Waals surface area (Å²) in [7, 11) is -12.3. The second kappa shape index (κ2) is 6.89. The van der Waals surface area contributed by atoms with E-state index in [0.29, 0.717) is 5.69 Å². The van der Waals surface area contributed by atoms with Crippen LogP contribution < -0.4 is 30.2 Å². The van der Waals surface area contributed by atoms with Crippen LogP contribution in [0.25, 0.3) is 0 Å². The number of urea groups is 1. The van der Waals surface area contributed by atoms with Crippen molar-refractivity contribution in [2.45, 2.75) is 11.5 Å². The first-order chi connectivity index (χ1) is 9.97. The van der Waals surface area contributed by atoms with E-state index in [1.165, 1.54) is 0 Å². The number of anilines is 1. The van der Waals surface area contributed by atoms with Crippen molar-refractivity contribution in [1.29, 1.82) is 0 Å². The molecule has 0 atom stereocenters. The van der Waals surface area contributed by atoms with E-state index in [9.17, 15) is 38.6 Å². The Bertz CT molecular complexity index is 589. The Balaban J connectivity index is 2.63. The zero-order valence-corrected chi connectivity index (χ0v) is 12.8. The molecule has 0 fully saturated rings. The quantitative estimate of drug-likeness (QED) is 0.476. The Morgan fingerprint density at radius 2 is 1.59 bits per heavy atom. The second-order valence-electron chi connectivity index (χ2n) is 4.27.